The lowest BCUT2D eigenvalue weighted by molar-refractivity contribution is 0.501. The molecule has 0 unspecified atom stereocenters. The number of sulfonamides is 1. The van der Waals surface area contributed by atoms with Crippen molar-refractivity contribution in [2.75, 3.05) is 13.1 Å². The quantitative estimate of drug-likeness (QED) is 0.874. The maximum atomic E-state index is 12.1. The number of benzene rings is 1. The first-order chi connectivity index (χ1) is 8.40. The van der Waals surface area contributed by atoms with Gasteiger partial charge < -0.3 is 5.73 Å². The molecule has 0 saturated heterocycles. The van der Waals surface area contributed by atoms with E-state index in [1.54, 1.807) is 12.1 Å². The van der Waals surface area contributed by atoms with E-state index in [2.05, 4.69) is 4.72 Å². The first-order valence-electron chi connectivity index (χ1n) is 5.54. The van der Waals surface area contributed by atoms with Crippen LogP contribution >= 0.6 is 23.2 Å². The summed E-state index contributed by atoms with van der Waals surface area (Å²) >= 11 is 11.7. The van der Waals surface area contributed by atoms with Gasteiger partial charge in [-0.3, -0.25) is 0 Å². The zero-order valence-corrected chi connectivity index (χ0v) is 11.9. The van der Waals surface area contributed by atoms with Gasteiger partial charge in [-0.2, -0.15) is 0 Å². The Morgan fingerprint density at radius 2 is 2.00 bits per heavy atom. The van der Waals surface area contributed by atoms with E-state index >= 15 is 0 Å². The maximum absolute atomic E-state index is 12.1. The number of hydrogen-bond donors (Lipinski definition) is 2. The lowest BCUT2D eigenvalue weighted by Gasteiger charge is -2.14. The van der Waals surface area contributed by atoms with Crippen molar-refractivity contribution in [2.24, 2.45) is 11.1 Å². The van der Waals surface area contributed by atoms with Gasteiger partial charge in [-0.15, -0.1) is 0 Å². The van der Waals surface area contributed by atoms with Gasteiger partial charge in [0.1, 0.15) is 4.90 Å². The Bertz CT molecular complexity index is 556. The molecule has 100 valence electrons. The maximum Gasteiger partial charge on any atom is 0.242 e. The predicted molar refractivity (Wildman–Crippen MR) is 72.4 cm³/mol. The van der Waals surface area contributed by atoms with Crippen molar-refractivity contribution in [3.8, 4) is 0 Å². The van der Waals surface area contributed by atoms with Crippen LogP contribution in [0.15, 0.2) is 23.1 Å². The van der Waals surface area contributed by atoms with Gasteiger partial charge in [-0.05, 0) is 36.9 Å². The molecule has 1 aromatic carbocycles. The Morgan fingerprint density at radius 1 is 1.33 bits per heavy atom. The van der Waals surface area contributed by atoms with Crippen LogP contribution in [-0.2, 0) is 10.0 Å². The van der Waals surface area contributed by atoms with E-state index in [9.17, 15) is 8.42 Å². The van der Waals surface area contributed by atoms with E-state index in [0.717, 1.165) is 12.8 Å². The van der Waals surface area contributed by atoms with E-state index in [1.165, 1.54) is 6.07 Å². The van der Waals surface area contributed by atoms with E-state index in [4.69, 9.17) is 28.9 Å². The third-order valence-electron chi connectivity index (χ3n) is 3.23. The molecule has 1 aromatic rings. The fourth-order valence-corrected chi connectivity index (χ4v) is 3.56. The van der Waals surface area contributed by atoms with E-state index < -0.39 is 10.0 Å². The second kappa shape index (κ2) is 4.98. The normalized spacial score (nSPS) is 17.7. The molecule has 0 atom stereocenters. The molecular weight excluding hydrogens is 295 g/mol. The van der Waals surface area contributed by atoms with Crippen LogP contribution in [0.3, 0.4) is 0 Å². The van der Waals surface area contributed by atoms with Crippen molar-refractivity contribution in [3.63, 3.8) is 0 Å². The summed E-state index contributed by atoms with van der Waals surface area (Å²) in [6.07, 6.45) is 1.91. The lowest BCUT2D eigenvalue weighted by atomic mass is 10.1. The highest BCUT2D eigenvalue weighted by Crippen LogP contribution is 2.44. The van der Waals surface area contributed by atoms with Crippen LogP contribution in [0.5, 0.6) is 0 Å². The highest BCUT2D eigenvalue weighted by atomic mass is 35.5. The summed E-state index contributed by atoms with van der Waals surface area (Å²) in [4.78, 5) is 0.00416. The first-order valence-corrected chi connectivity index (χ1v) is 7.78. The van der Waals surface area contributed by atoms with Gasteiger partial charge in [0.05, 0.1) is 10.0 Å². The Labute approximate surface area is 117 Å². The monoisotopic (exact) mass is 308 g/mol. The average molecular weight is 309 g/mol. The Balaban J connectivity index is 2.18. The number of nitrogens with two attached hydrogens (primary N) is 1. The van der Waals surface area contributed by atoms with Gasteiger partial charge in [-0.1, -0.05) is 29.3 Å². The van der Waals surface area contributed by atoms with Crippen LogP contribution in [-0.4, -0.2) is 21.5 Å². The summed E-state index contributed by atoms with van der Waals surface area (Å²) in [5.41, 5.74) is 5.54. The van der Waals surface area contributed by atoms with Crippen LogP contribution in [0.25, 0.3) is 0 Å². The zero-order valence-electron chi connectivity index (χ0n) is 9.62. The van der Waals surface area contributed by atoms with Gasteiger partial charge in [-0.25, -0.2) is 13.1 Å². The van der Waals surface area contributed by atoms with Gasteiger partial charge in [0.15, 0.2) is 0 Å². The summed E-state index contributed by atoms with van der Waals surface area (Å²) < 4.78 is 26.7. The highest BCUT2D eigenvalue weighted by molar-refractivity contribution is 7.89. The van der Waals surface area contributed by atoms with Crippen LogP contribution in [0.2, 0.25) is 10.0 Å². The van der Waals surface area contributed by atoms with Crippen molar-refractivity contribution in [1.29, 1.82) is 0 Å². The van der Waals surface area contributed by atoms with Gasteiger partial charge in [0, 0.05) is 6.54 Å². The fraction of sp³-hybridized carbons (Fsp3) is 0.455. The van der Waals surface area contributed by atoms with Crippen LogP contribution < -0.4 is 10.5 Å². The topological polar surface area (TPSA) is 72.2 Å². The minimum absolute atomic E-state index is 0.00416. The molecule has 0 aromatic heterocycles. The molecule has 18 heavy (non-hydrogen) atoms. The number of rotatable bonds is 5. The van der Waals surface area contributed by atoms with Crippen molar-refractivity contribution < 1.29 is 8.42 Å². The van der Waals surface area contributed by atoms with Gasteiger partial charge in [0.25, 0.3) is 0 Å². The SMILES string of the molecule is NCC1(CNS(=O)(=O)c2cccc(Cl)c2Cl)CC1. The molecule has 3 N–H and O–H groups in total. The Kier molecular flexibility index (Phi) is 3.90. The predicted octanol–water partition coefficient (Wildman–Crippen LogP) is 2.01. The molecule has 1 aliphatic carbocycles. The van der Waals surface area contributed by atoms with E-state index in [-0.39, 0.29) is 20.4 Å². The fourth-order valence-electron chi connectivity index (χ4n) is 1.65. The summed E-state index contributed by atoms with van der Waals surface area (Å²) in [7, 11) is -3.64. The van der Waals surface area contributed by atoms with E-state index in [1.807, 2.05) is 0 Å². The molecule has 4 nitrogen and oxygen atoms in total. The minimum Gasteiger partial charge on any atom is -0.330 e. The molecule has 0 heterocycles. The van der Waals surface area contributed by atoms with Crippen LogP contribution in [0.1, 0.15) is 12.8 Å². The molecular formula is C11H14Cl2N2O2S. The largest absolute Gasteiger partial charge is 0.330 e. The molecule has 1 fully saturated rings. The summed E-state index contributed by atoms with van der Waals surface area (Å²) in [5.74, 6) is 0. The van der Waals surface area contributed by atoms with Crippen molar-refractivity contribution >= 4 is 33.2 Å². The molecule has 0 spiro atoms. The second-order valence-electron chi connectivity index (χ2n) is 4.58. The summed E-state index contributed by atoms with van der Waals surface area (Å²) in [5, 5.41) is 0.267. The van der Waals surface area contributed by atoms with Crippen molar-refractivity contribution in [1.82, 2.24) is 4.72 Å². The number of halogens is 2. The summed E-state index contributed by atoms with van der Waals surface area (Å²) in [6.45, 7) is 0.827. The molecule has 2 rings (SSSR count). The molecule has 1 saturated carbocycles. The van der Waals surface area contributed by atoms with Crippen molar-refractivity contribution in [2.45, 2.75) is 17.7 Å². The molecule has 0 radical (unpaired) electrons. The van der Waals surface area contributed by atoms with Gasteiger partial charge >= 0.3 is 0 Å². The molecule has 7 heteroatoms. The van der Waals surface area contributed by atoms with Gasteiger partial charge in [0.2, 0.25) is 10.0 Å². The average Bonchev–Trinajstić information content (AvgIpc) is 3.11. The molecule has 0 bridgehead atoms. The van der Waals surface area contributed by atoms with E-state index in [0.29, 0.717) is 13.1 Å². The Morgan fingerprint density at radius 3 is 2.56 bits per heavy atom. The zero-order chi connectivity index (χ0) is 13.4. The highest BCUT2D eigenvalue weighted by Gasteiger charge is 2.42. The lowest BCUT2D eigenvalue weighted by Crippen LogP contribution is -2.34. The molecule has 1 aliphatic rings. The van der Waals surface area contributed by atoms with Crippen molar-refractivity contribution in [3.05, 3.63) is 28.2 Å². The summed E-state index contributed by atoms with van der Waals surface area (Å²) in [6, 6.07) is 4.53. The molecule has 0 aliphatic heterocycles. The Hall–Kier alpha value is -0.330. The second-order valence-corrected chi connectivity index (χ2v) is 7.10. The van der Waals surface area contributed by atoms with Crippen LogP contribution in [0, 0.1) is 5.41 Å². The molecule has 0 amide bonds. The smallest absolute Gasteiger partial charge is 0.242 e. The van der Waals surface area contributed by atoms with Crippen LogP contribution in [0.4, 0.5) is 0 Å². The number of nitrogens with one attached hydrogen (secondary N) is 1. The third kappa shape index (κ3) is 2.81. The minimum atomic E-state index is -3.64. The third-order valence-corrected chi connectivity index (χ3v) is 5.61. The standard InChI is InChI=1S/C11H14Cl2N2O2S/c12-8-2-1-3-9(10(8)13)18(16,17)15-7-11(6-14)4-5-11/h1-3,15H,4-7,14H2. The first kappa shape index (κ1) is 14.1. The number of hydrogen-bond acceptors (Lipinski definition) is 3.